The topological polar surface area (TPSA) is 117 Å². The minimum Gasteiger partial charge on any atom is -0.494 e. The lowest BCUT2D eigenvalue weighted by atomic mass is 10.1. The van der Waals surface area contributed by atoms with Crippen LogP contribution in [0.1, 0.15) is 72.6 Å². The van der Waals surface area contributed by atoms with E-state index in [1.54, 1.807) is 25.1 Å². The highest BCUT2D eigenvalue weighted by Crippen LogP contribution is 2.29. The molecule has 0 saturated carbocycles. The maximum atomic E-state index is 12.9. The lowest BCUT2D eigenvalue weighted by molar-refractivity contribution is -0.125. The van der Waals surface area contributed by atoms with Gasteiger partial charge in [-0.15, -0.1) is 0 Å². The third-order valence-electron chi connectivity index (χ3n) is 7.39. The van der Waals surface area contributed by atoms with Crippen LogP contribution in [0.25, 0.3) is 0 Å². The van der Waals surface area contributed by atoms with E-state index in [4.69, 9.17) is 9.47 Å². The highest BCUT2D eigenvalue weighted by molar-refractivity contribution is 6.21. The van der Waals surface area contributed by atoms with Gasteiger partial charge in [-0.05, 0) is 70.2 Å². The van der Waals surface area contributed by atoms with Crippen molar-refractivity contribution in [2.75, 3.05) is 39.3 Å². The molecular weight excluding hydrogens is 476 g/mol. The molecule has 37 heavy (non-hydrogen) atoms. The second-order valence-electron chi connectivity index (χ2n) is 10.1. The summed E-state index contributed by atoms with van der Waals surface area (Å²) in [6.07, 6.45) is 6.82. The molecule has 1 aromatic carbocycles. The molecule has 2 saturated heterocycles. The molecule has 1 atom stereocenters. The van der Waals surface area contributed by atoms with Gasteiger partial charge in [-0.3, -0.25) is 29.4 Å². The summed E-state index contributed by atoms with van der Waals surface area (Å²) >= 11 is 0. The highest BCUT2D eigenvalue weighted by atomic mass is 16.5. The van der Waals surface area contributed by atoms with E-state index in [-0.39, 0.29) is 24.7 Å². The number of piperidine rings is 1. The van der Waals surface area contributed by atoms with Gasteiger partial charge < -0.3 is 19.7 Å². The molecular formula is C27H38N4O6. The SMILES string of the molecule is CC(CCC(=O)NC=O)N1C(=O)c2ccc(OCCCCCN3CCC(OC4CNC4)CC3)cc2C1=O. The van der Waals surface area contributed by atoms with E-state index < -0.39 is 11.9 Å². The van der Waals surface area contributed by atoms with E-state index in [0.717, 1.165) is 64.8 Å². The molecule has 10 nitrogen and oxygen atoms in total. The van der Waals surface area contributed by atoms with E-state index in [1.165, 1.54) is 4.90 Å². The molecule has 4 amide bonds. The van der Waals surface area contributed by atoms with Gasteiger partial charge in [0, 0.05) is 38.6 Å². The molecule has 3 heterocycles. The van der Waals surface area contributed by atoms with E-state index in [1.807, 2.05) is 0 Å². The maximum absolute atomic E-state index is 12.9. The van der Waals surface area contributed by atoms with Gasteiger partial charge in [0.2, 0.25) is 12.3 Å². The summed E-state index contributed by atoms with van der Waals surface area (Å²) in [5.41, 5.74) is 0.674. The van der Waals surface area contributed by atoms with Crippen LogP contribution < -0.4 is 15.4 Å². The minimum absolute atomic E-state index is 0.0483. The summed E-state index contributed by atoms with van der Waals surface area (Å²) in [5.74, 6) is -0.619. The van der Waals surface area contributed by atoms with Crippen molar-refractivity contribution in [1.29, 1.82) is 0 Å². The summed E-state index contributed by atoms with van der Waals surface area (Å²) < 4.78 is 12.0. The number of ether oxygens (including phenoxy) is 2. The number of nitrogens with one attached hydrogen (secondary N) is 2. The Morgan fingerprint density at radius 1 is 1.11 bits per heavy atom. The molecule has 1 aromatic rings. The van der Waals surface area contributed by atoms with Gasteiger partial charge in [-0.2, -0.15) is 0 Å². The normalized spacial score (nSPS) is 19.4. The second kappa shape index (κ2) is 13.1. The Hall–Kier alpha value is -2.82. The van der Waals surface area contributed by atoms with Crippen LogP contribution in [0, 0.1) is 0 Å². The number of benzene rings is 1. The summed E-state index contributed by atoms with van der Waals surface area (Å²) in [4.78, 5) is 51.3. The first-order chi connectivity index (χ1) is 18.0. The van der Waals surface area contributed by atoms with Crippen molar-refractivity contribution in [3.63, 3.8) is 0 Å². The molecule has 0 spiro atoms. The Bertz CT molecular complexity index is 974. The highest BCUT2D eigenvalue weighted by Gasteiger charge is 2.38. The van der Waals surface area contributed by atoms with Crippen molar-refractivity contribution >= 4 is 24.1 Å². The molecule has 1 unspecified atom stereocenters. The zero-order valence-corrected chi connectivity index (χ0v) is 21.6. The van der Waals surface area contributed by atoms with Crippen LogP contribution in [0.4, 0.5) is 0 Å². The quantitative estimate of drug-likeness (QED) is 0.219. The zero-order valence-electron chi connectivity index (χ0n) is 21.6. The second-order valence-corrected chi connectivity index (χ2v) is 10.1. The summed E-state index contributed by atoms with van der Waals surface area (Å²) in [7, 11) is 0. The van der Waals surface area contributed by atoms with Crippen LogP contribution in [-0.4, -0.2) is 91.5 Å². The number of unbranched alkanes of at least 4 members (excludes halogenated alkanes) is 2. The van der Waals surface area contributed by atoms with Crippen molar-refractivity contribution in [2.45, 2.75) is 70.1 Å². The number of nitrogens with zero attached hydrogens (tertiary/aromatic N) is 2. The predicted octanol–water partition coefficient (Wildman–Crippen LogP) is 1.73. The van der Waals surface area contributed by atoms with E-state index in [9.17, 15) is 19.2 Å². The van der Waals surface area contributed by atoms with E-state index >= 15 is 0 Å². The zero-order chi connectivity index (χ0) is 26.2. The fraction of sp³-hybridized carbons (Fsp3) is 0.630. The van der Waals surface area contributed by atoms with Gasteiger partial charge in [0.25, 0.3) is 11.8 Å². The molecule has 0 bridgehead atoms. The molecule has 0 aromatic heterocycles. The van der Waals surface area contributed by atoms with Crippen molar-refractivity contribution in [2.24, 2.45) is 0 Å². The number of likely N-dealkylation sites (tertiary alicyclic amines) is 1. The number of carbonyl (C=O) groups is 4. The summed E-state index contributed by atoms with van der Waals surface area (Å²) in [5, 5.41) is 5.31. The molecule has 10 heteroatoms. The predicted molar refractivity (Wildman–Crippen MR) is 136 cm³/mol. The third-order valence-corrected chi connectivity index (χ3v) is 7.39. The van der Waals surface area contributed by atoms with Crippen LogP contribution in [-0.2, 0) is 14.3 Å². The van der Waals surface area contributed by atoms with Crippen molar-refractivity contribution in [3.8, 4) is 5.75 Å². The van der Waals surface area contributed by atoms with E-state index in [2.05, 4.69) is 15.5 Å². The molecule has 3 aliphatic heterocycles. The van der Waals surface area contributed by atoms with Gasteiger partial charge in [0.05, 0.1) is 29.9 Å². The Morgan fingerprint density at radius 2 is 1.86 bits per heavy atom. The third kappa shape index (κ3) is 7.15. The Morgan fingerprint density at radius 3 is 2.57 bits per heavy atom. The van der Waals surface area contributed by atoms with Crippen LogP contribution >= 0.6 is 0 Å². The minimum atomic E-state index is -0.465. The fourth-order valence-corrected chi connectivity index (χ4v) is 5.04. The summed E-state index contributed by atoms with van der Waals surface area (Å²) in [6, 6.07) is 4.52. The smallest absolute Gasteiger partial charge is 0.261 e. The molecule has 202 valence electrons. The molecule has 3 aliphatic rings. The van der Waals surface area contributed by atoms with Crippen molar-refractivity contribution in [3.05, 3.63) is 29.3 Å². The maximum Gasteiger partial charge on any atom is 0.261 e. The van der Waals surface area contributed by atoms with E-state index in [0.29, 0.717) is 42.1 Å². The molecule has 2 fully saturated rings. The first kappa shape index (κ1) is 27.2. The lowest BCUT2D eigenvalue weighted by Gasteiger charge is -2.36. The van der Waals surface area contributed by atoms with Crippen LogP contribution in [0.3, 0.4) is 0 Å². The molecule has 0 aliphatic carbocycles. The number of hydrogen-bond donors (Lipinski definition) is 2. The number of fused-ring (bicyclic) bond motifs is 1. The number of carbonyl (C=O) groups excluding carboxylic acids is 4. The van der Waals surface area contributed by atoms with Crippen molar-refractivity contribution < 1.29 is 28.7 Å². The molecule has 2 N–H and O–H groups in total. The van der Waals surface area contributed by atoms with Crippen LogP contribution in [0.2, 0.25) is 0 Å². The van der Waals surface area contributed by atoms with Crippen LogP contribution in [0.5, 0.6) is 5.75 Å². The van der Waals surface area contributed by atoms with Crippen LogP contribution in [0.15, 0.2) is 18.2 Å². The van der Waals surface area contributed by atoms with Gasteiger partial charge in [-0.25, -0.2) is 0 Å². The Kier molecular flexibility index (Phi) is 9.65. The first-order valence-electron chi connectivity index (χ1n) is 13.4. The lowest BCUT2D eigenvalue weighted by Crippen LogP contribution is -2.51. The Labute approximate surface area is 218 Å². The standard InChI is InChI=1S/C27H38N4O6/c1-19(5-8-25(33)29-18-32)31-26(34)23-7-6-21(15-24(23)27(31)35)36-14-4-2-3-11-30-12-9-20(10-13-30)37-22-16-28-17-22/h6-7,15,18-20,22,28H,2-5,8-14,16-17H2,1H3,(H,29,32,33). The van der Waals surface area contributed by atoms with Gasteiger partial charge in [0.1, 0.15) is 5.75 Å². The molecule has 0 radical (unpaired) electrons. The van der Waals surface area contributed by atoms with Gasteiger partial charge in [0.15, 0.2) is 0 Å². The monoisotopic (exact) mass is 514 g/mol. The largest absolute Gasteiger partial charge is 0.494 e. The van der Waals surface area contributed by atoms with Gasteiger partial charge >= 0.3 is 0 Å². The van der Waals surface area contributed by atoms with Gasteiger partial charge in [-0.1, -0.05) is 0 Å². The number of imide groups is 2. The fourth-order valence-electron chi connectivity index (χ4n) is 5.04. The summed E-state index contributed by atoms with van der Waals surface area (Å²) in [6.45, 7) is 7.55. The average Bonchev–Trinajstić information content (AvgIpc) is 3.12. The average molecular weight is 515 g/mol. The molecule has 4 rings (SSSR count). The van der Waals surface area contributed by atoms with Crippen molar-refractivity contribution in [1.82, 2.24) is 20.4 Å². The number of rotatable bonds is 14. The number of hydrogen-bond acceptors (Lipinski definition) is 8. The number of amides is 4. The first-order valence-corrected chi connectivity index (χ1v) is 13.4. The Balaban J connectivity index is 1.13.